The second kappa shape index (κ2) is 8.73. The van der Waals surface area contributed by atoms with E-state index in [1.807, 2.05) is 6.07 Å². The first-order valence-corrected chi connectivity index (χ1v) is 10.2. The van der Waals surface area contributed by atoms with Crippen molar-refractivity contribution < 1.29 is 4.74 Å². The molecule has 0 aromatic heterocycles. The monoisotopic (exact) mass is 362 g/mol. The molecule has 4 rings (SSSR count). The summed E-state index contributed by atoms with van der Waals surface area (Å²) in [6.45, 7) is 4.20. The molecule has 2 aromatic carbocycles. The number of hydrogen-bond acceptors (Lipinski definition) is 3. The topological polar surface area (TPSA) is 24.5 Å². The molecule has 1 aliphatic heterocycles. The van der Waals surface area contributed by atoms with Gasteiger partial charge in [0.1, 0.15) is 5.75 Å². The minimum absolute atomic E-state index is 0.336. The molecule has 1 unspecified atom stereocenters. The number of hydrogen-bond donors (Lipinski definition) is 1. The summed E-state index contributed by atoms with van der Waals surface area (Å²) in [5.41, 5.74) is 5.93. The number of allylic oxidation sites excluding steroid dienone is 1. The van der Waals surface area contributed by atoms with E-state index in [0.29, 0.717) is 6.04 Å². The number of nitrogens with zero attached hydrogens (tertiary/aromatic N) is 1. The molecule has 1 saturated heterocycles. The van der Waals surface area contributed by atoms with Gasteiger partial charge in [-0.05, 0) is 42.9 Å². The molecule has 142 valence electrons. The molecule has 2 aromatic rings. The summed E-state index contributed by atoms with van der Waals surface area (Å²) in [6.07, 6.45) is 7.34. The fraction of sp³-hybridized carbons (Fsp3) is 0.417. The lowest BCUT2D eigenvalue weighted by atomic mass is 10.0. The molecule has 1 heterocycles. The van der Waals surface area contributed by atoms with Gasteiger partial charge in [-0.3, -0.25) is 4.90 Å². The molecule has 0 amide bonds. The molecule has 0 spiro atoms. The molecule has 0 saturated carbocycles. The third kappa shape index (κ3) is 4.42. The minimum Gasteiger partial charge on any atom is -0.496 e. The van der Waals surface area contributed by atoms with E-state index in [4.69, 9.17) is 4.74 Å². The van der Waals surface area contributed by atoms with Crippen molar-refractivity contribution in [3.05, 3.63) is 76.9 Å². The average Bonchev–Trinajstić information content (AvgIpc) is 2.94. The molecule has 1 atom stereocenters. The number of fused-ring (bicyclic) bond motifs is 1. The van der Waals surface area contributed by atoms with Crippen molar-refractivity contribution in [1.29, 1.82) is 0 Å². The first-order valence-electron chi connectivity index (χ1n) is 10.2. The Bertz CT molecular complexity index is 798. The van der Waals surface area contributed by atoms with E-state index in [0.717, 1.165) is 38.3 Å². The van der Waals surface area contributed by atoms with Crippen LogP contribution in [-0.4, -0.2) is 38.2 Å². The summed E-state index contributed by atoms with van der Waals surface area (Å²) in [5, 5.41) is 3.66. The lowest BCUT2D eigenvalue weighted by molar-refractivity contribution is 0.216. The Balaban J connectivity index is 1.42. The van der Waals surface area contributed by atoms with Gasteiger partial charge in [0.05, 0.1) is 7.11 Å². The van der Waals surface area contributed by atoms with Crippen LogP contribution in [0.1, 0.15) is 35.6 Å². The third-order valence-electron chi connectivity index (χ3n) is 5.89. The largest absolute Gasteiger partial charge is 0.496 e. The van der Waals surface area contributed by atoms with Gasteiger partial charge in [-0.1, -0.05) is 54.1 Å². The molecule has 0 radical (unpaired) electrons. The summed E-state index contributed by atoms with van der Waals surface area (Å²) in [7, 11) is 1.76. The molecule has 3 nitrogen and oxygen atoms in total. The van der Waals surface area contributed by atoms with Gasteiger partial charge in [0.25, 0.3) is 0 Å². The Morgan fingerprint density at radius 3 is 2.78 bits per heavy atom. The molecular formula is C24H30N2O. The van der Waals surface area contributed by atoms with E-state index in [2.05, 4.69) is 58.8 Å². The zero-order valence-electron chi connectivity index (χ0n) is 16.3. The van der Waals surface area contributed by atoms with Gasteiger partial charge in [0, 0.05) is 37.8 Å². The number of rotatable bonds is 4. The van der Waals surface area contributed by atoms with Gasteiger partial charge in [0.2, 0.25) is 0 Å². The van der Waals surface area contributed by atoms with Crippen LogP contribution < -0.4 is 10.1 Å². The van der Waals surface area contributed by atoms with Gasteiger partial charge >= 0.3 is 0 Å². The lowest BCUT2D eigenvalue weighted by Crippen LogP contribution is -2.45. The van der Waals surface area contributed by atoms with Crippen LogP contribution in [-0.2, 0) is 12.8 Å². The first-order chi connectivity index (χ1) is 13.3. The Kier molecular flexibility index (Phi) is 5.90. The van der Waals surface area contributed by atoms with Crippen LogP contribution in [0.4, 0.5) is 0 Å². The summed E-state index contributed by atoms with van der Waals surface area (Å²) in [6, 6.07) is 17.7. The van der Waals surface area contributed by atoms with Crippen molar-refractivity contribution in [2.75, 3.05) is 33.3 Å². The molecule has 2 aliphatic rings. The normalized spacial score (nSPS) is 22.3. The smallest absolute Gasteiger partial charge is 0.123 e. The Hall–Kier alpha value is -2.10. The van der Waals surface area contributed by atoms with Crippen LogP contribution in [0.5, 0.6) is 5.75 Å². The van der Waals surface area contributed by atoms with Gasteiger partial charge < -0.3 is 10.1 Å². The maximum absolute atomic E-state index is 5.57. The number of para-hydroxylation sites is 1. The summed E-state index contributed by atoms with van der Waals surface area (Å²) in [4.78, 5) is 2.57. The highest BCUT2D eigenvalue weighted by molar-refractivity contribution is 5.36. The van der Waals surface area contributed by atoms with Crippen molar-refractivity contribution >= 4 is 0 Å². The van der Waals surface area contributed by atoms with Crippen molar-refractivity contribution in [2.24, 2.45) is 0 Å². The van der Waals surface area contributed by atoms with E-state index in [9.17, 15) is 0 Å². The summed E-state index contributed by atoms with van der Waals surface area (Å²) >= 11 is 0. The molecule has 27 heavy (non-hydrogen) atoms. The zero-order chi connectivity index (χ0) is 18.5. The van der Waals surface area contributed by atoms with E-state index < -0.39 is 0 Å². The van der Waals surface area contributed by atoms with Gasteiger partial charge in [0.15, 0.2) is 0 Å². The second-order valence-corrected chi connectivity index (χ2v) is 7.67. The average molecular weight is 363 g/mol. The molecule has 0 bridgehead atoms. The Morgan fingerprint density at radius 2 is 1.89 bits per heavy atom. The van der Waals surface area contributed by atoms with Crippen LogP contribution in [0.15, 0.2) is 60.2 Å². The number of benzene rings is 2. The second-order valence-electron chi connectivity index (χ2n) is 7.67. The molecular weight excluding hydrogens is 332 g/mol. The quantitative estimate of drug-likeness (QED) is 0.653. The zero-order valence-corrected chi connectivity index (χ0v) is 16.3. The number of ether oxygens (including phenoxy) is 1. The maximum atomic E-state index is 5.57. The highest BCUT2D eigenvalue weighted by Gasteiger charge is 2.22. The molecule has 1 N–H and O–H groups in total. The van der Waals surface area contributed by atoms with Crippen molar-refractivity contribution in [2.45, 2.75) is 31.7 Å². The fourth-order valence-electron chi connectivity index (χ4n) is 4.38. The number of piperazine rings is 1. The predicted octanol–water partition coefficient (Wildman–Crippen LogP) is 4.15. The van der Waals surface area contributed by atoms with Gasteiger partial charge in [-0.25, -0.2) is 0 Å². The molecule has 1 fully saturated rings. The van der Waals surface area contributed by atoms with Crippen LogP contribution in [0, 0.1) is 0 Å². The summed E-state index contributed by atoms with van der Waals surface area (Å²) in [5.74, 6) is 0.982. The predicted molar refractivity (Wildman–Crippen MR) is 111 cm³/mol. The van der Waals surface area contributed by atoms with Gasteiger partial charge in [-0.2, -0.15) is 0 Å². The summed E-state index contributed by atoms with van der Waals surface area (Å²) < 4.78 is 5.57. The number of nitrogens with one attached hydrogen (secondary N) is 1. The highest BCUT2D eigenvalue weighted by Crippen LogP contribution is 2.27. The SMILES string of the molecule is COc1ccccc1C1CN(CC=C2CCCc3ccccc3C2)CCN1. The molecule has 3 heteroatoms. The Labute approximate surface area is 163 Å². The van der Waals surface area contributed by atoms with E-state index in [1.165, 1.54) is 30.4 Å². The fourth-order valence-corrected chi connectivity index (χ4v) is 4.38. The van der Waals surface area contributed by atoms with Gasteiger partial charge in [-0.15, -0.1) is 0 Å². The molecule has 1 aliphatic carbocycles. The van der Waals surface area contributed by atoms with Crippen LogP contribution in [0.2, 0.25) is 0 Å². The third-order valence-corrected chi connectivity index (χ3v) is 5.89. The van der Waals surface area contributed by atoms with Crippen molar-refractivity contribution in [1.82, 2.24) is 10.2 Å². The highest BCUT2D eigenvalue weighted by atomic mass is 16.5. The minimum atomic E-state index is 0.336. The maximum Gasteiger partial charge on any atom is 0.123 e. The standard InChI is InChI=1S/C24H30N2O/c1-27-24-12-5-4-11-22(24)23-18-26(16-14-25-23)15-13-19-7-6-10-20-8-2-3-9-21(20)17-19/h2-5,8-9,11-13,23,25H,6-7,10,14-18H2,1H3. The van der Waals surface area contributed by atoms with Crippen LogP contribution >= 0.6 is 0 Å². The van der Waals surface area contributed by atoms with E-state index in [1.54, 1.807) is 18.2 Å². The van der Waals surface area contributed by atoms with Crippen molar-refractivity contribution in [3.63, 3.8) is 0 Å². The van der Waals surface area contributed by atoms with Crippen molar-refractivity contribution in [3.8, 4) is 5.75 Å². The number of methoxy groups -OCH3 is 1. The van der Waals surface area contributed by atoms with Crippen LogP contribution in [0.25, 0.3) is 0 Å². The first kappa shape index (κ1) is 18.3. The number of aryl methyl sites for hydroxylation is 1. The van der Waals surface area contributed by atoms with E-state index >= 15 is 0 Å². The van der Waals surface area contributed by atoms with Crippen LogP contribution in [0.3, 0.4) is 0 Å². The van der Waals surface area contributed by atoms with E-state index in [-0.39, 0.29) is 0 Å². The lowest BCUT2D eigenvalue weighted by Gasteiger charge is -2.34. The Morgan fingerprint density at radius 1 is 1.07 bits per heavy atom.